The highest BCUT2D eigenvalue weighted by Gasteiger charge is 2.26. The number of aryl methyl sites for hydroxylation is 1. The van der Waals surface area contributed by atoms with Gasteiger partial charge in [0.1, 0.15) is 10.8 Å². The fourth-order valence-electron chi connectivity index (χ4n) is 3.15. The van der Waals surface area contributed by atoms with Gasteiger partial charge in [0.2, 0.25) is 5.91 Å². The third-order valence-corrected chi connectivity index (χ3v) is 5.64. The van der Waals surface area contributed by atoms with E-state index in [2.05, 4.69) is 5.32 Å². The second kappa shape index (κ2) is 8.95. The summed E-state index contributed by atoms with van der Waals surface area (Å²) in [7, 11) is 0. The monoisotopic (exact) mass is 387 g/mol. The fourth-order valence-corrected chi connectivity index (χ4v) is 4.43. The number of carbonyl (C=O) groups excluding carboxylic acids is 2. The molecule has 6 heteroatoms. The normalized spacial score (nSPS) is 13.9. The van der Waals surface area contributed by atoms with Crippen molar-refractivity contribution in [3.63, 3.8) is 0 Å². The molecule has 0 saturated carbocycles. The number of anilines is 1. The van der Waals surface area contributed by atoms with Crippen LogP contribution >= 0.6 is 11.3 Å². The van der Waals surface area contributed by atoms with Gasteiger partial charge in [-0.15, -0.1) is 11.3 Å². The summed E-state index contributed by atoms with van der Waals surface area (Å²) < 4.78 is 18.2. The number of fused-ring (bicyclic) bond motifs is 1. The second-order valence-electron chi connectivity index (χ2n) is 6.36. The van der Waals surface area contributed by atoms with Crippen LogP contribution in [0.1, 0.15) is 52.5 Å². The van der Waals surface area contributed by atoms with Gasteiger partial charge in [-0.25, -0.2) is 9.18 Å². The molecule has 4 nitrogen and oxygen atoms in total. The largest absolute Gasteiger partial charge is 0.462 e. The van der Waals surface area contributed by atoms with Crippen LogP contribution in [0.5, 0.6) is 0 Å². The van der Waals surface area contributed by atoms with Crippen LogP contribution in [-0.2, 0) is 22.4 Å². The van der Waals surface area contributed by atoms with E-state index < -0.39 is 0 Å². The van der Waals surface area contributed by atoms with E-state index in [0.29, 0.717) is 17.2 Å². The fraction of sp³-hybridized carbons (Fsp3) is 0.333. The predicted molar refractivity (Wildman–Crippen MR) is 106 cm³/mol. The molecule has 1 aliphatic rings. The quantitative estimate of drug-likeness (QED) is 0.447. The van der Waals surface area contributed by atoms with Crippen molar-refractivity contribution in [2.45, 2.75) is 39.0 Å². The van der Waals surface area contributed by atoms with Crippen LogP contribution < -0.4 is 5.32 Å². The Morgan fingerprint density at radius 1 is 1.19 bits per heavy atom. The molecule has 1 heterocycles. The second-order valence-corrected chi connectivity index (χ2v) is 7.47. The molecular weight excluding hydrogens is 365 g/mol. The molecule has 0 spiro atoms. The minimum Gasteiger partial charge on any atom is -0.462 e. The van der Waals surface area contributed by atoms with Crippen molar-refractivity contribution < 1.29 is 18.7 Å². The molecule has 1 amide bonds. The van der Waals surface area contributed by atoms with Gasteiger partial charge in [0.15, 0.2) is 0 Å². The molecule has 1 aromatic heterocycles. The average molecular weight is 387 g/mol. The standard InChI is InChI=1S/C21H22FNO3S/c1-2-26-21(25)19-16-6-4-3-5-7-17(16)27-20(19)23-18(24)13-10-14-8-11-15(22)12-9-14/h8-13H,2-7H2,1H3,(H,23,24)/b13-10+. The summed E-state index contributed by atoms with van der Waals surface area (Å²) in [4.78, 5) is 26.0. The van der Waals surface area contributed by atoms with Crippen molar-refractivity contribution in [1.29, 1.82) is 0 Å². The Labute approximate surface area is 162 Å². The molecule has 0 aliphatic heterocycles. The lowest BCUT2D eigenvalue weighted by atomic mass is 10.1. The Morgan fingerprint density at radius 3 is 2.67 bits per heavy atom. The number of rotatable bonds is 5. The van der Waals surface area contributed by atoms with E-state index in [-0.39, 0.29) is 17.7 Å². The van der Waals surface area contributed by atoms with Gasteiger partial charge < -0.3 is 10.1 Å². The summed E-state index contributed by atoms with van der Waals surface area (Å²) in [6.45, 7) is 2.06. The number of hydrogen-bond acceptors (Lipinski definition) is 4. The number of halogens is 1. The van der Waals surface area contributed by atoms with Gasteiger partial charge in [0.05, 0.1) is 12.2 Å². The molecule has 1 aliphatic carbocycles. The van der Waals surface area contributed by atoms with Crippen molar-refractivity contribution in [1.82, 2.24) is 0 Å². The summed E-state index contributed by atoms with van der Waals surface area (Å²) in [5, 5.41) is 3.38. The van der Waals surface area contributed by atoms with E-state index in [4.69, 9.17) is 4.74 Å². The van der Waals surface area contributed by atoms with Crippen LogP contribution in [0.15, 0.2) is 30.3 Å². The summed E-state index contributed by atoms with van der Waals surface area (Å²) in [6.07, 6.45) is 8.02. The predicted octanol–water partition coefficient (Wildman–Crippen LogP) is 4.98. The van der Waals surface area contributed by atoms with E-state index in [1.54, 1.807) is 25.1 Å². The van der Waals surface area contributed by atoms with Crippen molar-refractivity contribution in [3.05, 3.63) is 57.7 Å². The number of hydrogen-bond donors (Lipinski definition) is 1. The average Bonchev–Trinajstić information content (AvgIpc) is 2.82. The van der Waals surface area contributed by atoms with E-state index in [1.807, 2.05) is 0 Å². The third kappa shape index (κ3) is 4.83. The van der Waals surface area contributed by atoms with E-state index in [9.17, 15) is 14.0 Å². The topological polar surface area (TPSA) is 55.4 Å². The first-order valence-corrected chi connectivity index (χ1v) is 9.96. The molecule has 0 radical (unpaired) electrons. The van der Waals surface area contributed by atoms with Crippen LogP contribution in [0, 0.1) is 5.82 Å². The van der Waals surface area contributed by atoms with Gasteiger partial charge in [0.25, 0.3) is 0 Å². The molecule has 0 atom stereocenters. The highest BCUT2D eigenvalue weighted by atomic mass is 32.1. The summed E-state index contributed by atoms with van der Waals surface area (Å²) >= 11 is 1.47. The lowest BCUT2D eigenvalue weighted by molar-refractivity contribution is -0.111. The van der Waals surface area contributed by atoms with Crippen LogP contribution in [0.4, 0.5) is 9.39 Å². The van der Waals surface area contributed by atoms with Gasteiger partial charge >= 0.3 is 5.97 Å². The van der Waals surface area contributed by atoms with Crippen molar-refractivity contribution in [3.8, 4) is 0 Å². The highest BCUT2D eigenvalue weighted by Crippen LogP contribution is 2.38. The van der Waals surface area contributed by atoms with Gasteiger partial charge in [-0.05, 0) is 61.9 Å². The smallest absolute Gasteiger partial charge is 0.341 e. The Hall–Kier alpha value is -2.47. The van der Waals surface area contributed by atoms with Crippen LogP contribution in [0.3, 0.4) is 0 Å². The molecule has 0 fully saturated rings. The number of nitrogens with one attached hydrogen (secondary N) is 1. The van der Waals surface area contributed by atoms with Crippen LogP contribution in [0.2, 0.25) is 0 Å². The van der Waals surface area contributed by atoms with E-state index >= 15 is 0 Å². The molecule has 0 bridgehead atoms. The van der Waals surface area contributed by atoms with Gasteiger partial charge in [-0.2, -0.15) is 0 Å². The molecule has 142 valence electrons. The van der Waals surface area contributed by atoms with Crippen molar-refractivity contribution in [2.24, 2.45) is 0 Å². The molecule has 1 N–H and O–H groups in total. The van der Waals surface area contributed by atoms with Crippen molar-refractivity contribution >= 4 is 34.3 Å². The first-order valence-electron chi connectivity index (χ1n) is 9.14. The van der Waals surface area contributed by atoms with Crippen LogP contribution in [0.25, 0.3) is 6.08 Å². The molecule has 0 unspecified atom stereocenters. The maximum Gasteiger partial charge on any atom is 0.341 e. The van der Waals surface area contributed by atoms with E-state index in [1.165, 1.54) is 29.5 Å². The minimum atomic E-state index is -0.380. The molecule has 27 heavy (non-hydrogen) atoms. The first-order chi connectivity index (χ1) is 13.1. The number of carbonyl (C=O) groups is 2. The zero-order valence-corrected chi connectivity index (χ0v) is 16.0. The van der Waals surface area contributed by atoms with E-state index in [0.717, 1.165) is 48.1 Å². The Morgan fingerprint density at radius 2 is 1.93 bits per heavy atom. The minimum absolute atomic E-state index is 0.293. The molecular formula is C21H22FNO3S. The Bertz CT molecular complexity index is 855. The Balaban J connectivity index is 1.81. The van der Waals surface area contributed by atoms with Crippen LogP contribution in [-0.4, -0.2) is 18.5 Å². The molecule has 2 aromatic rings. The number of amides is 1. The summed E-state index contributed by atoms with van der Waals surface area (Å²) in [6, 6.07) is 5.87. The molecule has 0 saturated heterocycles. The number of esters is 1. The Kier molecular flexibility index (Phi) is 6.40. The third-order valence-electron chi connectivity index (χ3n) is 4.43. The number of ether oxygens (including phenoxy) is 1. The maximum absolute atomic E-state index is 13.0. The van der Waals surface area contributed by atoms with Gasteiger partial charge in [0, 0.05) is 11.0 Å². The molecule has 1 aromatic carbocycles. The lowest BCUT2D eigenvalue weighted by Gasteiger charge is -2.07. The summed E-state index contributed by atoms with van der Waals surface area (Å²) in [5.41, 5.74) is 2.25. The van der Waals surface area contributed by atoms with Gasteiger partial charge in [-0.3, -0.25) is 4.79 Å². The van der Waals surface area contributed by atoms with Gasteiger partial charge in [-0.1, -0.05) is 18.6 Å². The SMILES string of the molecule is CCOC(=O)c1c(NC(=O)/C=C/c2ccc(F)cc2)sc2c1CCCCC2. The summed E-state index contributed by atoms with van der Waals surface area (Å²) in [5.74, 6) is -1.04. The van der Waals surface area contributed by atoms with Crippen molar-refractivity contribution in [2.75, 3.05) is 11.9 Å². The zero-order chi connectivity index (χ0) is 19.2. The lowest BCUT2D eigenvalue weighted by Crippen LogP contribution is -2.13. The number of benzene rings is 1. The maximum atomic E-state index is 13.0. The zero-order valence-electron chi connectivity index (χ0n) is 15.2. The highest BCUT2D eigenvalue weighted by molar-refractivity contribution is 7.17. The first kappa shape index (κ1) is 19.3. The molecule has 3 rings (SSSR count). The number of thiophene rings is 1.